The SMILES string of the molecule is Cn1ccnc1CN1N=C(C(=O)O)CCC1=O. The van der Waals surface area contributed by atoms with Crippen molar-refractivity contribution in [2.75, 3.05) is 0 Å². The number of rotatable bonds is 3. The van der Waals surface area contributed by atoms with Gasteiger partial charge in [-0.25, -0.2) is 14.8 Å². The lowest BCUT2D eigenvalue weighted by atomic mass is 10.2. The molecule has 0 atom stereocenters. The van der Waals surface area contributed by atoms with Gasteiger partial charge in [0.05, 0.1) is 0 Å². The number of hydrazone groups is 1. The lowest BCUT2D eigenvalue weighted by Crippen LogP contribution is -2.34. The van der Waals surface area contributed by atoms with Gasteiger partial charge in [0, 0.05) is 32.3 Å². The highest BCUT2D eigenvalue weighted by molar-refractivity contribution is 6.36. The Morgan fingerprint density at radius 1 is 1.53 bits per heavy atom. The zero-order valence-corrected chi connectivity index (χ0v) is 9.33. The van der Waals surface area contributed by atoms with Gasteiger partial charge >= 0.3 is 5.97 Å². The molecule has 17 heavy (non-hydrogen) atoms. The number of aliphatic carboxylic acids is 1. The molecular formula is C10H12N4O3. The average Bonchev–Trinajstić information content (AvgIpc) is 2.67. The molecule has 1 aromatic heterocycles. The first-order valence-corrected chi connectivity index (χ1v) is 5.15. The van der Waals surface area contributed by atoms with Gasteiger partial charge < -0.3 is 9.67 Å². The quantitative estimate of drug-likeness (QED) is 0.799. The number of carboxylic acid groups (broad SMARTS) is 1. The molecule has 2 heterocycles. The lowest BCUT2D eigenvalue weighted by molar-refractivity contribution is -0.133. The van der Waals surface area contributed by atoms with Crippen molar-refractivity contribution in [1.82, 2.24) is 14.6 Å². The van der Waals surface area contributed by atoms with Crippen LogP contribution in [0, 0.1) is 0 Å². The number of carbonyl (C=O) groups excluding carboxylic acids is 1. The topological polar surface area (TPSA) is 87.8 Å². The smallest absolute Gasteiger partial charge is 0.352 e. The van der Waals surface area contributed by atoms with Crippen molar-refractivity contribution in [1.29, 1.82) is 0 Å². The third-order valence-electron chi connectivity index (χ3n) is 2.56. The summed E-state index contributed by atoms with van der Waals surface area (Å²) >= 11 is 0. The van der Waals surface area contributed by atoms with Crippen molar-refractivity contribution >= 4 is 17.6 Å². The van der Waals surface area contributed by atoms with Gasteiger partial charge in [-0.15, -0.1) is 0 Å². The minimum atomic E-state index is -1.08. The first kappa shape index (κ1) is 11.3. The lowest BCUT2D eigenvalue weighted by Gasteiger charge is -2.21. The fraction of sp³-hybridized carbons (Fsp3) is 0.400. The summed E-state index contributed by atoms with van der Waals surface area (Å²) in [6.45, 7) is 0.194. The molecule has 1 N–H and O–H groups in total. The highest BCUT2D eigenvalue weighted by atomic mass is 16.4. The van der Waals surface area contributed by atoms with Gasteiger partial charge in [0.2, 0.25) is 5.91 Å². The number of nitrogens with zero attached hydrogens (tertiary/aromatic N) is 4. The summed E-state index contributed by atoms with van der Waals surface area (Å²) in [6.07, 6.45) is 3.73. The van der Waals surface area contributed by atoms with Gasteiger partial charge in [-0.05, 0) is 0 Å². The van der Waals surface area contributed by atoms with E-state index in [1.54, 1.807) is 24.0 Å². The van der Waals surface area contributed by atoms with E-state index in [2.05, 4.69) is 10.1 Å². The number of carboxylic acids is 1. The minimum Gasteiger partial charge on any atom is -0.477 e. The predicted molar refractivity (Wildman–Crippen MR) is 58.1 cm³/mol. The van der Waals surface area contributed by atoms with E-state index in [1.165, 1.54) is 0 Å². The summed E-state index contributed by atoms with van der Waals surface area (Å²) in [5, 5.41) is 13.8. The highest BCUT2D eigenvalue weighted by Gasteiger charge is 2.24. The minimum absolute atomic E-state index is 0.0128. The molecule has 0 unspecified atom stereocenters. The predicted octanol–water partition coefficient (Wildman–Crippen LogP) is -0.0169. The van der Waals surface area contributed by atoms with Crippen LogP contribution >= 0.6 is 0 Å². The highest BCUT2D eigenvalue weighted by Crippen LogP contribution is 2.12. The Bertz CT molecular complexity index is 491. The third kappa shape index (κ3) is 2.32. The van der Waals surface area contributed by atoms with Crippen LogP contribution in [0.2, 0.25) is 0 Å². The fourth-order valence-corrected chi connectivity index (χ4v) is 1.56. The zero-order valence-electron chi connectivity index (χ0n) is 9.33. The molecule has 1 aromatic rings. The van der Waals surface area contributed by atoms with Gasteiger partial charge in [0.25, 0.3) is 0 Å². The summed E-state index contributed by atoms with van der Waals surface area (Å²) < 4.78 is 1.76. The molecule has 0 aliphatic carbocycles. The van der Waals surface area contributed by atoms with E-state index in [0.29, 0.717) is 5.82 Å². The second kappa shape index (κ2) is 4.36. The van der Waals surface area contributed by atoms with Gasteiger partial charge in [-0.1, -0.05) is 0 Å². The fourth-order valence-electron chi connectivity index (χ4n) is 1.56. The number of carbonyl (C=O) groups is 2. The third-order valence-corrected chi connectivity index (χ3v) is 2.56. The average molecular weight is 236 g/mol. The molecule has 7 nitrogen and oxygen atoms in total. The molecule has 1 amide bonds. The summed E-state index contributed by atoms with van der Waals surface area (Å²) in [5.41, 5.74) is 0.0128. The van der Waals surface area contributed by atoms with E-state index in [9.17, 15) is 9.59 Å². The number of imidazole rings is 1. The Kier molecular flexibility index (Phi) is 2.90. The molecule has 0 saturated carbocycles. The maximum atomic E-state index is 11.6. The number of aromatic nitrogens is 2. The van der Waals surface area contributed by atoms with Gasteiger partial charge in [-0.2, -0.15) is 5.10 Å². The van der Waals surface area contributed by atoms with Crippen molar-refractivity contribution in [3.8, 4) is 0 Å². The van der Waals surface area contributed by atoms with Gasteiger partial charge in [-0.3, -0.25) is 4.79 Å². The van der Waals surface area contributed by atoms with Crippen LogP contribution in [0.15, 0.2) is 17.5 Å². The van der Waals surface area contributed by atoms with E-state index in [1.807, 2.05) is 0 Å². The van der Waals surface area contributed by atoms with Crippen LogP contribution < -0.4 is 0 Å². The van der Waals surface area contributed by atoms with Crippen LogP contribution in [0.5, 0.6) is 0 Å². The van der Waals surface area contributed by atoms with Crippen molar-refractivity contribution in [2.45, 2.75) is 19.4 Å². The second-order valence-corrected chi connectivity index (χ2v) is 3.76. The number of amides is 1. The second-order valence-electron chi connectivity index (χ2n) is 3.76. The molecule has 0 saturated heterocycles. The largest absolute Gasteiger partial charge is 0.477 e. The first-order valence-electron chi connectivity index (χ1n) is 5.15. The van der Waals surface area contributed by atoms with E-state index >= 15 is 0 Å². The molecule has 0 fully saturated rings. The van der Waals surface area contributed by atoms with Crippen molar-refractivity contribution < 1.29 is 14.7 Å². The number of hydrogen-bond acceptors (Lipinski definition) is 4. The van der Waals surface area contributed by atoms with Crippen LogP contribution in [-0.4, -0.2) is 37.3 Å². The van der Waals surface area contributed by atoms with Crippen LogP contribution in [0.25, 0.3) is 0 Å². The van der Waals surface area contributed by atoms with Crippen LogP contribution in [0.3, 0.4) is 0 Å². The molecule has 7 heteroatoms. The maximum Gasteiger partial charge on any atom is 0.352 e. The van der Waals surface area contributed by atoms with E-state index in [-0.39, 0.29) is 31.0 Å². The molecule has 0 spiro atoms. The van der Waals surface area contributed by atoms with Gasteiger partial charge in [0.15, 0.2) is 0 Å². The Hall–Kier alpha value is -2.18. The summed E-state index contributed by atoms with van der Waals surface area (Å²) in [4.78, 5) is 26.4. The molecule has 90 valence electrons. The Balaban J connectivity index is 2.19. The standard InChI is InChI=1S/C10H12N4O3/c1-13-5-4-11-8(13)6-14-9(15)3-2-7(12-14)10(16)17/h4-5H,2-3,6H2,1H3,(H,16,17). The Morgan fingerprint density at radius 3 is 2.88 bits per heavy atom. The molecule has 0 bridgehead atoms. The maximum absolute atomic E-state index is 11.6. The first-order chi connectivity index (χ1) is 8.08. The van der Waals surface area contributed by atoms with Crippen LogP contribution in [0.1, 0.15) is 18.7 Å². The van der Waals surface area contributed by atoms with E-state index in [4.69, 9.17) is 5.11 Å². The normalized spacial score (nSPS) is 15.9. The van der Waals surface area contributed by atoms with Crippen molar-refractivity contribution in [2.24, 2.45) is 12.1 Å². The molecule has 0 aromatic carbocycles. The summed E-state index contributed by atoms with van der Waals surface area (Å²) in [6, 6.07) is 0. The van der Waals surface area contributed by atoms with E-state index < -0.39 is 5.97 Å². The van der Waals surface area contributed by atoms with Crippen LogP contribution in [-0.2, 0) is 23.2 Å². The zero-order chi connectivity index (χ0) is 12.4. The molecule has 1 aliphatic rings. The molecular weight excluding hydrogens is 224 g/mol. The summed E-state index contributed by atoms with van der Waals surface area (Å²) in [5.74, 6) is -0.603. The number of aryl methyl sites for hydroxylation is 1. The molecule has 1 aliphatic heterocycles. The Morgan fingerprint density at radius 2 is 2.29 bits per heavy atom. The van der Waals surface area contributed by atoms with Gasteiger partial charge in [0.1, 0.15) is 18.1 Å². The Labute approximate surface area is 97.4 Å². The monoisotopic (exact) mass is 236 g/mol. The number of hydrogen-bond donors (Lipinski definition) is 1. The molecule has 0 radical (unpaired) electrons. The summed E-state index contributed by atoms with van der Waals surface area (Å²) in [7, 11) is 1.80. The van der Waals surface area contributed by atoms with Crippen molar-refractivity contribution in [3.05, 3.63) is 18.2 Å². The van der Waals surface area contributed by atoms with Crippen LogP contribution in [0.4, 0.5) is 0 Å². The van der Waals surface area contributed by atoms with E-state index in [0.717, 1.165) is 5.01 Å². The molecule has 2 rings (SSSR count). The van der Waals surface area contributed by atoms with Crippen molar-refractivity contribution in [3.63, 3.8) is 0 Å².